The zero-order valence-electron chi connectivity index (χ0n) is 16.2. The van der Waals surface area contributed by atoms with Gasteiger partial charge in [0.2, 0.25) is 0 Å². The average molecular weight is 417 g/mol. The van der Waals surface area contributed by atoms with E-state index in [2.05, 4.69) is 4.98 Å². The first-order valence-corrected chi connectivity index (χ1v) is 10.5. The van der Waals surface area contributed by atoms with Crippen molar-refractivity contribution < 1.29 is 19.2 Å². The number of non-ortho nitro benzene ring substituents is 1. The number of carbonyl (C=O) groups is 2. The molecule has 0 aliphatic heterocycles. The van der Waals surface area contributed by atoms with Crippen molar-refractivity contribution in [1.82, 2.24) is 9.88 Å². The van der Waals surface area contributed by atoms with Crippen LogP contribution in [0, 0.1) is 10.1 Å². The molecule has 9 heteroatoms. The van der Waals surface area contributed by atoms with Crippen molar-refractivity contribution in [3.63, 3.8) is 0 Å². The zero-order valence-corrected chi connectivity index (χ0v) is 17.0. The lowest BCUT2D eigenvalue weighted by atomic mass is 9.93. The minimum Gasteiger partial charge on any atom is -0.461 e. The van der Waals surface area contributed by atoms with E-state index in [1.54, 1.807) is 23.3 Å². The molecule has 2 aromatic rings. The summed E-state index contributed by atoms with van der Waals surface area (Å²) in [5, 5.41) is 13.4. The molecule has 8 nitrogen and oxygen atoms in total. The predicted molar refractivity (Wildman–Crippen MR) is 108 cm³/mol. The van der Waals surface area contributed by atoms with E-state index in [4.69, 9.17) is 4.74 Å². The number of nitro benzene ring substituents is 1. The Kier molecular flexibility index (Phi) is 6.92. The first kappa shape index (κ1) is 20.9. The zero-order chi connectivity index (χ0) is 20.8. The molecule has 154 valence electrons. The third-order valence-electron chi connectivity index (χ3n) is 4.92. The molecule has 1 aromatic heterocycles. The van der Waals surface area contributed by atoms with Crippen molar-refractivity contribution in [2.24, 2.45) is 0 Å². The van der Waals surface area contributed by atoms with E-state index < -0.39 is 10.9 Å². The minimum atomic E-state index is -0.506. The van der Waals surface area contributed by atoms with Gasteiger partial charge in [-0.05, 0) is 25.8 Å². The van der Waals surface area contributed by atoms with E-state index in [0.29, 0.717) is 5.01 Å². The monoisotopic (exact) mass is 417 g/mol. The molecule has 1 fully saturated rings. The van der Waals surface area contributed by atoms with Gasteiger partial charge in [-0.15, -0.1) is 11.3 Å². The highest BCUT2D eigenvalue weighted by Crippen LogP contribution is 2.27. The number of aromatic nitrogens is 1. The van der Waals surface area contributed by atoms with Crippen LogP contribution in [0.4, 0.5) is 5.69 Å². The van der Waals surface area contributed by atoms with Crippen LogP contribution < -0.4 is 0 Å². The van der Waals surface area contributed by atoms with Crippen molar-refractivity contribution in [2.45, 2.75) is 51.6 Å². The Morgan fingerprint density at radius 1 is 1.31 bits per heavy atom. The Morgan fingerprint density at radius 3 is 2.76 bits per heavy atom. The van der Waals surface area contributed by atoms with Gasteiger partial charge in [-0.1, -0.05) is 25.3 Å². The topological polar surface area (TPSA) is 103 Å². The van der Waals surface area contributed by atoms with Crippen molar-refractivity contribution in [1.29, 1.82) is 0 Å². The summed E-state index contributed by atoms with van der Waals surface area (Å²) in [6.45, 7) is 2.26. The third-order valence-corrected chi connectivity index (χ3v) is 5.76. The van der Waals surface area contributed by atoms with Gasteiger partial charge >= 0.3 is 5.97 Å². The molecule has 0 bridgehead atoms. The molecule has 0 saturated heterocycles. The number of nitrogens with zero attached hydrogens (tertiary/aromatic N) is 3. The summed E-state index contributed by atoms with van der Waals surface area (Å²) in [5.41, 5.74) is 0.406. The van der Waals surface area contributed by atoms with Crippen LogP contribution in [0.2, 0.25) is 0 Å². The van der Waals surface area contributed by atoms with Crippen LogP contribution in [0.3, 0.4) is 0 Å². The highest BCUT2D eigenvalue weighted by molar-refractivity contribution is 7.09. The van der Waals surface area contributed by atoms with Crippen LogP contribution >= 0.6 is 11.3 Å². The number of hydrogen-bond acceptors (Lipinski definition) is 7. The first-order valence-electron chi connectivity index (χ1n) is 9.66. The lowest BCUT2D eigenvalue weighted by Crippen LogP contribution is -2.41. The molecule has 1 aliphatic rings. The molecule has 29 heavy (non-hydrogen) atoms. The fourth-order valence-electron chi connectivity index (χ4n) is 3.51. The lowest BCUT2D eigenvalue weighted by molar-refractivity contribution is -0.384. The number of hydrogen-bond donors (Lipinski definition) is 0. The Bertz CT molecular complexity index is 892. The largest absolute Gasteiger partial charge is 0.461 e. The molecule has 0 unspecified atom stereocenters. The van der Waals surface area contributed by atoms with Crippen LogP contribution in [0.15, 0.2) is 29.6 Å². The van der Waals surface area contributed by atoms with Gasteiger partial charge in [-0.3, -0.25) is 14.9 Å². The summed E-state index contributed by atoms with van der Waals surface area (Å²) in [4.78, 5) is 41.8. The maximum atomic E-state index is 13.3. The molecule has 1 aromatic carbocycles. The van der Waals surface area contributed by atoms with Crippen LogP contribution in [0.25, 0.3) is 0 Å². The molecular formula is C20H23N3O5S. The lowest BCUT2D eigenvalue weighted by Gasteiger charge is -2.34. The number of amides is 1. The van der Waals surface area contributed by atoms with Gasteiger partial charge in [0.15, 0.2) is 5.69 Å². The number of rotatable bonds is 7. The van der Waals surface area contributed by atoms with Crippen molar-refractivity contribution >= 4 is 28.9 Å². The molecule has 0 atom stereocenters. The maximum Gasteiger partial charge on any atom is 0.357 e. The summed E-state index contributed by atoms with van der Waals surface area (Å²) >= 11 is 1.30. The van der Waals surface area contributed by atoms with E-state index in [1.807, 2.05) is 0 Å². The number of benzene rings is 1. The molecule has 1 amide bonds. The number of ether oxygens (including phenoxy) is 1. The van der Waals surface area contributed by atoms with Gasteiger partial charge in [0, 0.05) is 29.1 Å². The molecule has 1 saturated carbocycles. The minimum absolute atomic E-state index is 0.0467. The number of esters is 1. The molecular weight excluding hydrogens is 394 g/mol. The van der Waals surface area contributed by atoms with Gasteiger partial charge in [-0.25, -0.2) is 9.78 Å². The van der Waals surface area contributed by atoms with E-state index in [1.165, 1.54) is 29.5 Å². The highest BCUT2D eigenvalue weighted by atomic mass is 32.1. The second-order valence-electron chi connectivity index (χ2n) is 6.88. The Balaban J connectivity index is 1.85. The first-order chi connectivity index (χ1) is 14.0. The van der Waals surface area contributed by atoms with Crippen LogP contribution in [0.5, 0.6) is 0 Å². The van der Waals surface area contributed by atoms with E-state index in [0.717, 1.165) is 32.1 Å². The van der Waals surface area contributed by atoms with Crippen molar-refractivity contribution in [2.75, 3.05) is 6.61 Å². The van der Waals surface area contributed by atoms with Gasteiger partial charge in [-0.2, -0.15) is 0 Å². The Morgan fingerprint density at radius 2 is 2.07 bits per heavy atom. The van der Waals surface area contributed by atoms with E-state index >= 15 is 0 Å². The summed E-state index contributed by atoms with van der Waals surface area (Å²) < 4.78 is 4.98. The third kappa shape index (κ3) is 5.17. The predicted octanol–water partition coefficient (Wildman–Crippen LogP) is 4.20. The van der Waals surface area contributed by atoms with Gasteiger partial charge in [0.25, 0.3) is 11.6 Å². The summed E-state index contributed by atoms with van der Waals surface area (Å²) in [6, 6.07) is 5.84. The molecule has 3 rings (SSSR count). The molecule has 1 heterocycles. The highest BCUT2D eigenvalue weighted by Gasteiger charge is 2.28. The molecule has 0 spiro atoms. The number of carbonyl (C=O) groups excluding carboxylic acids is 2. The second-order valence-corrected chi connectivity index (χ2v) is 7.82. The Hall–Kier alpha value is -2.81. The SMILES string of the molecule is CCOC(=O)c1csc(CN(C(=O)c2cccc([N+](=O)[O-])c2)C2CCCCC2)n1. The van der Waals surface area contributed by atoms with Gasteiger partial charge in [0.1, 0.15) is 5.01 Å². The van der Waals surface area contributed by atoms with Crippen molar-refractivity contribution in [3.05, 3.63) is 56.0 Å². The summed E-state index contributed by atoms with van der Waals surface area (Å²) in [7, 11) is 0. The molecule has 0 N–H and O–H groups in total. The average Bonchev–Trinajstić information content (AvgIpc) is 3.21. The maximum absolute atomic E-state index is 13.3. The fraction of sp³-hybridized carbons (Fsp3) is 0.450. The quantitative estimate of drug-likeness (QED) is 0.380. The van der Waals surface area contributed by atoms with Crippen LogP contribution in [-0.2, 0) is 11.3 Å². The number of thiazole rings is 1. The Labute approximate surface area is 172 Å². The standard InChI is InChI=1S/C20H23N3O5S/c1-2-28-20(25)17-13-29-18(21-17)12-22(15-8-4-3-5-9-15)19(24)14-7-6-10-16(11-14)23(26)27/h6-7,10-11,13,15H,2-5,8-9,12H2,1H3. The normalized spacial score (nSPS) is 14.4. The van der Waals surface area contributed by atoms with Crippen LogP contribution in [0.1, 0.15) is 64.9 Å². The summed E-state index contributed by atoms with van der Waals surface area (Å²) in [5.74, 6) is -0.738. The molecule has 0 radical (unpaired) electrons. The fourth-order valence-corrected chi connectivity index (χ4v) is 4.27. The van der Waals surface area contributed by atoms with Crippen molar-refractivity contribution in [3.8, 4) is 0 Å². The smallest absolute Gasteiger partial charge is 0.357 e. The summed E-state index contributed by atoms with van der Waals surface area (Å²) in [6.07, 6.45) is 4.98. The van der Waals surface area contributed by atoms with E-state index in [9.17, 15) is 19.7 Å². The molecule has 1 aliphatic carbocycles. The second kappa shape index (κ2) is 9.60. The van der Waals surface area contributed by atoms with Gasteiger partial charge < -0.3 is 9.64 Å². The van der Waals surface area contributed by atoms with Gasteiger partial charge in [0.05, 0.1) is 18.1 Å². The number of nitro groups is 1. The van der Waals surface area contributed by atoms with E-state index in [-0.39, 0.29) is 42.0 Å². The van der Waals surface area contributed by atoms with Crippen LogP contribution in [-0.4, -0.2) is 39.3 Å².